The number of nitrogens with one attached hydrogen (secondary N) is 1. The number of benzene rings is 1. The van der Waals surface area contributed by atoms with Gasteiger partial charge in [0, 0.05) is 18.4 Å². The van der Waals surface area contributed by atoms with E-state index in [1.807, 2.05) is 44.3 Å². The van der Waals surface area contributed by atoms with E-state index in [9.17, 15) is 0 Å². The third kappa shape index (κ3) is 2.02. The number of hydrogen-bond acceptors (Lipinski definition) is 2. The maximum Gasteiger partial charge on any atom is 0.0388 e. The lowest BCUT2D eigenvalue weighted by Gasteiger charge is -2.01. The van der Waals surface area contributed by atoms with Crippen molar-refractivity contribution in [2.24, 2.45) is 0 Å². The Hall–Kier alpha value is -1.44. The molecule has 0 spiro atoms. The Morgan fingerprint density at radius 3 is 2.67 bits per heavy atom. The minimum Gasteiger partial charge on any atom is -0.398 e. The second kappa shape index (κ2) is 3.81. The number of nitrogen functional groups attached to an aromatic ring is 1. The lowest BCUT2D eigenvalue weighted by atomic mass is 10.1. The van der Waals surface area contributed by atoms with E-state index in [1.165, 1.54) is 0 Å². The molecule has 3 N–H and O–H groups in total. The maximum absolute atomic E-state index is 5.75. The first-order valence-corrected chi connectivity index (χ1v) is 3.94. The van der Waals surface area contributed by atoms with Crippen molar-refractivity contribution in [3.8, 4) is 0 Å². The summed E-state index contributed by atoms with van der Waals surface area (Å²) in [7, 11) is 1.89. The highest BCUT2D eigenvalue weighted by Gasteiger charge is 1.92. The average Bonchev–Trinajstić information content (AvgIpc) is 2.09. The van der Waals surface area contributed by atoms with E-state index in [2.05, 4.69) is 5.32 Å². The van der Waals surface area contributed by atoms with Crippen LogP contribution in [0.3, 0.4) is 0 Å². The molecule has 0 amide bonds. The largest absolute Gasteiger partial charge is 0.398 e. The van der Waals surface area contributed by atoms with E-state index >= 15 is 0 Å². The van der Waals surface area contributed by atoms with Gasteiger partial charge < -0.3 is 11.1 Å². The Balaban J connectivity index is 2.96. The Bertz CT molecular complexity index is 290. The number of allylic oxidation sites excluding steroid dienone is 1. The van der Waals surface area contributed by atoms with Crippen molar-refractivity contribution >= 4 is 11.8 Å². The number of rotatable bonds is 2. The predicted octanol–water partition coefficient (Wildman–Crippen LogP) is 1.85. The maximum atomic E-state index is 5.75. The highest BCUT2D eigenvalue weighted by Crippen LogP contribution is 2.13. The summed E-state index contributed by atoms with van der Waals surface area (Å²) in [5.74, 6) is 0. The van der Waals surface area contributed by atoms with E-state index in [-0.39, 0.29) is 0 Å². The van der Waals surface area contributed by atoms with E-state index in [1.54, 1.807) is 0 Å². The zero-order chi connectivity index (χ0) is 8.97. The summed E-state index contributed by atoms with van der Waals surface area (Å²) in [6, 6.07) is 7.80. The molecule has 0 saturated carbocycles. The molecule has 0 heterocycles. The molecular formula is C10H14N2. The van der Waals surface area contributed by atoms with E-state index in [0.717, 1.165) is 16.9 Å². The lowest BCUT2D eigenvalue weighted by molar-refractivity contribution is 1.00. The van der Waals surface area contributed by atoms with Crippen molar-refractivity contribution < 1.29 is 0 Å². The minimum absolute atomic E-state index is 0.812. The van der Waals surface area contributed by atoms with Crippen molar-refractivity contribution in [3.05, 3.63) is 35.5 Å². The molecule has 0 atom stereocenters. The van der Waals surface area contributed by atoms with Gasteiger partial charge in [-0.15, -0.1) is 0 Å². The van der Waals surface area contributed by atoms with Gasteiger partial charge in [-0.05, 0) is 24.6 Å². The minimum atomic E-state index is 0.812. The van der Waals surface area contributed by atoms with Gasteiger partial charge in [0.05, 0.1) is 0 Å². The summed E-state index contributed by atoms with van der Waals surface area (Å²) < 4.78 is 0. The number of para-hydroxylation sites is 1. The summed E-state index contributed by atoms with van der Waals surface area (Å²) in [5, 5.41) is 3.05. The Morgan fingerprint density at radius 2 is 2.08 bits per heavy atom. The first kappa shape index (κ1) is 8.65. The molecule has 0 saturated heterocycles. The number of anilines is 1. The highest BCUT2D eigenvalue weighted by molar-refractivity contribution is 5.65. The number of nitrogens with two attached hydrogens (primary N) is 1. The van der Waals surface area contributed by atoms with Crippen molar-refractivity contribution in [2.75, 3.05) is 12.8 Å². The first-order valence-electron chi connectivity index (χ1n) is 3.94. The van der Waals surface area contributed by atoms with Gasteiger partial charge in [0.25, 0.3) is 0 Å². The number of hydrogen-bond donors (Lipinski definition) is 2. The third-order valence-corrected chi connectivity index (χ3v) is 1.76. The van der Waals surface area contributed by atoms with Gasteiger partial charge in [-0.1, -0.05) is 18.2 Å². The lowest BCUT2D eigenvalue weighted by Crippen LogP contribution is -2.01. The summed E-state index contributed by atoms with van der Waals surface area (Å²) >= 11 is 0. The Kier molecular flexibility index (Phi) is 2.75. The molecular weight excluding hydrogens is 148 g/mol. The quantitative estimate of drug-likeness (QED) is 0.651. The molecule has 1 aromatic carbocycles. The van der Waals surface area contributed by atoms with Gasteiger partial charge in [-0.3, -0.25) is 0 Å². The second-order valence-corrected chi connectivity index (χ2v) is 2.71. The third-order valence-electron chi connectivity index (χ3n) is 1.76. The molecule has 2 heteroatoms. The Morgan fingerprint density at radius 1 is 1.42 bits per heavy atom. The van der Waals surface area contributed by atoms with Crippen molar-refractivity contribution in [1.29, 1.82) is 0 Å². The summed E-state index contributed by atoms with van der Waals surface area (Å²) in [5.41, 5.74) is 8.73. The van der Waals surface area contributed by atoms with Crippen LogP contribution in [0.5, 0.6) is 0 Å². The normalized spacial score (nSPS) is 11.3. The molecule has 0 bridgehead atoms. The molecule has 2 nitrogen and oxygen atoms in total. The van der Waals surface area contributed by atoms with Gasteiger partial charge in [-0.2, -0.15) is 0 Å². The van der Waals surface area contributed by atoms with Crippen LogP contribution in [0, 0.1) is 0 Å². The van der Waals surface area contributed by atoms with Crippen LogP contribution in [0.15, 0.2) is 30.0 Å². The topological polar surface area (TPSA) is 38.0 Å². The van der Waals surface area contributed by atoms with E-state index in [0.29, 0.717) is 0 Å². The zero-order valence-corrected chi connectivity index (χ0v) is 7.46. The summed E-state index contributed by atoms with van der Waals surface area (Å²) in [4.78, 5) is 0. The van der Waals surface area contributed by atoms with Gasteiger partial charge >= 0.3 is 0 Å². The van der Waals surface area contributed by atoms with Crippen molar-refractivity contribution in [3.63, 3.8) is 0 Å². The monoisotopic (exact) mass is 162 g/mol. The SMILES string of the molecule is CN/C(C)=C/c1ccccc1N. The van der Waals surface area contributed by atoms with E-state index < -0.39 is 0 Å². The summed E-state index contributed by atoms with van der Waals surface area (Å²) in [6.07, 6.45) is 2.02. The van der Waals surface area contributed by atoms with Crippen LogP contribution in [0.4, 0.5) is 5.69 Å². The van der Waals surface area contributed by atoms with Crippen LogP contribution in [0.1, 0.15) is 12.5 Å². The Labute approximate surface area is 73.1 Å². The predicted molar refractivity (Wildman–Crippen MR) is 53.6 cm³/mol. The molecule has 0 aliphatic carbocycles. The highest BCUT2D eigenvalue weighted by atomic mass is 14.8. The van der Waals surface area contributed by atoms with Crippen molar-refractivity contribution in [1.82, 2.24) is 5.32 Å². The van der Waals surface area contributed by atoms with Gasteiger partial charge in [-0.25, -0.2) is 0 Å². The van der Waals surface area contributed by atoms with Gasteiger partial charge in [0.15, 0.2) is 0 Å². The molecule has 0 aromatic heterocycles. The first-order chi connectivity index (χ1) is 5.74. The molecule has 12 heavy (non-hydrogen) atoms. The molecule has 0 aliphatic rings. The average molecular weight is 162 g/mol. The summed E-state index contributed by atoms with van der Waals surface area (Å²) in [6.45, 7) is 2.01. The van der Waals surface area contributed by atoms with Crippen LogP contribution in [0.25, 0.3) is 6.08 Å². The second-order valence-electron chi connectivity index (χ2n) is 2.71. The molecule has 0 unspecified atom stereocenters. The molecule has 1 rings (SSSR count). The smallest absolute Gasteiger partial charge is 0.0388 e. The molecule has 0 radical (unpaired) electrons. The van der Waals surface area contributed by atoms with Crippen LogP contribution in [-0.4, -0.2) is 7.05 Å². The van der Waals surface area contributed by atoms with Crippen LogP contribution >= 0.6 is 0 Å². The van der Waals surface area contributed by atoms with Gasteiger partial charge in [0.2, 0.25) is 0 Å². The fourth-order valence-corrected chi connectivity index (χ4v) is 0.948. The van der Waals surface area contributed by atoms with Crippen LogP contribution in [-0.2, 0) is 0 Å². The van der Waals surface area contributed by atoms with E-state index in [4.69, 9.17) is 5.73 Å². The van der Waals surface area contributed by atoms with Crippen LogP contribution < -0.4 is 11.1 Å². The standard InChI is InChI=1S/C10H14N2/c1-8(12-2)7-9-5-3-4-6-10(9)11/h3-7,12H,11H2,1-2H3/b8-7+. The fourth-order valence-electron chi connectivity index (χ4n) is 0.948. The molecule has 64 valence electrons. The molecule has 0 aliphatic heterocycles. The fraction of sp³-hybridized carbons (Fsp3) is 0.200. The molecule has 0 fully saturated rings. The van der Waals surface area contributed by atoms with Crippen LogP contribution in [0.2, 0.25) is 0 Å². The van der Waals surface area contributed by atoms with Crippen molar-refractivity contribution in [2.45, 2.75) is 6.92 Å². The zero-order valence-electron chi connectivity index (χ0n) is 7.46. The van der Waals surface area contributed by atoms with Gasteiger partial charge in [0.1, 0.15) is 0 Å². The molecule has 1 aromatic rings.